The quantitative estimate of drug-likeness (QED) is 0.616. The molecule has 1 fully saturated rings. The number of hydrogen-bond donors (Lipinski definition) is 1. The number of fused-ring (bicyclic) bond motifs is 1. The van der Waals surface area contributed by atoms with Crippen molar-refractivity contribution >= 4 is 45.8 Å². The molecule has 2 aromatic heterocycles. The van der Waals surface area contributed by atoms with Gasteiger partial charge >= 0.3 is 6.18 Å². The van der Waals surface area contributed by atoms with Crippen molar-refractivity contribution in [1.29, 1.82) is 0 Å². The molecule has 0 unspecified atom stereocenters. The molecule has 0 bridgehead atoms. The van der Waals surface area contributed by atoms with E-state index in [0.29, 0.717) is 36.9 Å². The average molecular weight is 443 g/mol. The van der Waals surface area contributed by atoms with Crippen LogP contribution in [0.25, 0.3) is 10.9 Å². The zero-order chi connectivity index (χ0) is 20.8. The second kappa shape index (κ2) is 7.42. The Hall–Kier alpha value is -2.45. The van der Waals surface area contributed by atoms with E-state index in [2.05, 4.69) is 9.97 Å². The van der Waals surface area contributed by atoms with Crippen LogP contribution in [0.3, 0.4) is 0 Å². The maximum Gasteiger partial charge on any atom is 0.417 e. The van der Waals surface area contributed by atoms with Crippen LogP contribution < -0.4 is 4.90 Å². The lowest BCUT2D eigenvalue weighted by molar-refractivity contribution is -0.137. The van der Waals surface area contributed by atoms with E-state index in [1.54, 1.807) is 28.0 Å². The van der Waals surface area contributed by atoms with Crippen molar-refractivity contribution in [1.82, 2.24) is 14.9 Å². The monoisotopic (exact) mass is 442 g/mol. The number of halogens is 5. The number of piperazine rings is 1. The first-order chi connectivity index (χ1) is 13.7. The minimum Gasteiger partial charge on any atom is -0.352 e. The Morgan fingerprint density at radius 2 is 1.79 bits per heavy atom. The second-order valence-corrected chi connectivity index (χ2v) is 7.56. The smallest absolute Gasteiger partial charge is 0.352 e. The number of benzene rings is 1. The number of alkyl halides is 3. The molecule has 0 saturated carbocycles. The number of H-pyrrole nitrogens is 1. The molecule has 10 heteroatoms. The van der Waals surface area contributed by atoms with Gasteiger partial charge in [0.15, 0.2) is 0 Å². The highest BCUT2D eigenvalue weighted by molar-refractivity contribution is 6.33. The van der Waals surface area contributed by atoms with Crippen LogP contribution in [0.1, 0.15) is 16.1 Å². The molecule has 3 heterocycles. The van der Waals surface area contributed by atoms with Crippen molar-refractivity contribution < 1.29 is 18.0 Å². The highest BCUT2D eigenvalue weighted by Crippen LogP contribution is 2.33. The summed E-state index contributed by atoms with van der Waals surface area (Å²) in [5.41, 5.74) is 0.387. The number of amides is 1. The molecule has 1 aromatic carbocycles. The molecule has 5 nitrogen and oxygen atoms in total. The van der Waals surface area contributed by atoms with Crippen molar-refractivity contribution in [2.75, 3.05) is 31.1 Å². The molecule has 29 heavy (non-hydrogen) atoms. The first-order valence-corrected chi connectivity index (χ1v) is 9.53. The fraction of sp³-hybridized carbons (Fsp3) is 0.263. The van der Waals surface area contributed by atoms with Gasteiger partial charge in [-0.1, -0.05) is 23.2 Å². The van der Waals surface area contributed by atoms with Gasteiger partial charge in [-0.3, -0.25) is 4.79 Å². The lowest BCUT2D eigenvalue weighted by Crippen LogP contribution is -2.49. The predicted octanol–water partition coefficient (Wildman–Crippen LogP) is 4.85. The second-order valence-electron chi connectivity index (χ2n) is 6.72. The van der Waals surface area contributed by atoms with Crippen LogP contribution >= 0.6 is 23.2 Å². The highest BCUT2D eigenvalue weighted by Gasteiger charge is 2.32. The summed E-state index contributed by atoms with van der Waals surface area (Å²) in [6, 6.07) is 7.96. The fourth-order valence-electron chi connectivity index (χ4n) is 3.33. The number of rotatable bonds is 2. The summed E-state index contributed by atoms with van der Waals surface area (Å²) in [6.07, 6.45) is -3.72. The maximum absolute atomic E-state index is 12.8. The zero-order valence-corrected chi connectivity index (χ0v) is 16.4. The van der Waals surface area contributed by atoms with Crippen LogP contribution in [0.4, 0.5) is 19.0 Å². The number of carbonyl (C=O) groups is 1. The molecule has 0 radical (unpaired) electrons. The van der Waals surface area contributed by atoms with Crippen LogP contribution in [0.15, 0.2) is 36.5 Å². The van der Waals surface area contributed by atoms with Crippen molar-refractivity contribution in [3.05, 3.63) is 57.8 Å². The number of aromatic amines is 1. The molecule has 4 rings (SSSR count). The van der Waals surface area contributed by atoms with Gasteiger partial charge < -0.3 is 14.8 Å². The van der Waals surface area contributed by atoms with Gasteiger partial charge in [0.05, 0.1) is 10.6 Å². The molecule has 1 amide bonds. The van der Waals surface area contributed by atoms with E-state index in [1.165, 1.54) is 0 Å². The minimum atomic E-state index is -4.50. The van der Waals surface area contributed by atoms with Gasteiger partial charge in [0.25, 0.3) is 5.91 Å². The summed E-state index contributed by atoms with van der Waals surface area (Å²) in [6.45, 7) is 1.62. The molecule has 0 atom stereocenters. The molecule has 3 aromatic rings. The highest BCUT2D eigenvalue weighted by atomic mass is 35.5. The van der Waals surface area contributed by atoms with Gasteiger partial charge in [0, 0.05) is 48.3 Å². The fourth-order valence-corrected chi connectivity index (χ4v) is 3.80. The Bertz CT molecular complexity index is 1070. The normalized spacial score (nSPS) is 15.2. The predicted molar refractivity (Wildman–Crippen MR) is 106 cm³/mol. The van der Waals surface area contributed by atoms with E-state index >= 15 is 0 Å². The molecule has 1 aliphatic heterocycles. The molecule has 152 valence electrons. The van der Waals surface area contributed by atoms with E-state index < -0.39 is 11.7 Å². The summed E-state index contributed by atoms with van der Waals surface area (Å²) in [4.78, 5) is 23.2. The SMILES string of the molecule is O=C(c1cc2cc(Cl)ccc2[nH]1)N1CCN(c2ncc(C(F)(F)F)cc2Cl)CC1. The average Bonchev–Trinajstić information content (AvgIpc) is 3.10. The number of pyridine rings is 1. The molecule has 0 spiro atoms. The summed E-state index contributed by atoms with van der Waals surface area (Å²) < 4.78 is 38.3. The molecule has 1 aliphatic rings. The summed E-state index contributed by atoms with van der Waals surface area (Å²) in [5.74, 6) is 0.135. The van der Waals surface area contributed by atoms with E-state index in [-0.39, 0.29) is 16.7 Å². The zero-order valence-electron chi connectivity index (χ0n) is 14.9. The first kappa shape index (κ1) is 19.8. The van der Waals surface area contributed by atoms with E-state index in [1.807, 2.05) is 6.07 Å². The third kappa shape index (κ3) is 4.00. The number of nitrogens with one attached hydrogen (secondary N) is 1. The maximum atomic E-state index is 12.8. The van der Waals surface area contributed by atoms with E-state index in [0.717, 1.165) is 23.2 Å². The number of hydrogen-bond acceptors (Lipinski definition) is 3. The van der Waals surface area contributed by atoms with Gasteiger partial charge in [0.1, 0.15) is 11.5 Å². The van der Waals surface area contributed by atoms with Gasteiger partial charge in [-0.15, -0.1) is 0 Å². The third-order valence-corrected chi connectivity index (χ3v) is 5.34. The Morgan fingerprint density at radius 3 is 2.45 bits per heavy atom. The molecule has 1 saturated heterocycles. The van der Waals surface area contributed by atoms with Crippen LogP contribution in [0.5, 0.6) is 0 Å². The van der Waals surface area contributed by atoms with Crippen LogP contribution in [-0.4, -0.2) is 47.0 Å². The Labute approximate surface area is 174 Å². The summed E-state index contributed by atoms with van der Waals surface area (Å²) in [5, 5.41) is 1.37. The van der Waals surface area contributed by atoms with Crippen molar-refractivity contribution in [2.45, 2.75) is 6.18 Å². The van der Waals surface area contributed by atoms with Gasteiger partial charge in [-0.2, -0.15) is 13.2 Å². The minimum absolute atomic E-state index is 0.0629. The largest absolute Gasteiger partial charge is 0.417 e. The number of nitrogens with zero attached hydrogens (tertiary/aromatic N) is 3. The Morgan fingerprint density at radius 1 is 1.07 bits per heavy atom. The number of aromatic nitrogens is 2. The van der Waals surface area contributed by atoms with E-state index in [9.17, 15) is 18.0 Å². The lowest BCUT2D eigenvalue weighted by atomic mass is 10.2. The van der Waals surface area contributed by atoms with Crippen LogP contribution in [0, 0.1) is 0 Å². The number of anilines is 1. The van der Waals surface area contributed by atoms with Gasteiger partial charge in [-0.05, 0) is 30.3 Å². The van der Waals surface area contributed by atoms with Crippen LogP contribution in [-0.2, 0) is 6.18 Å². The van der Waals surface area contributed by atoms with E-state index in [4.69, 9.17) is 23.2 Å². The molecule has 1 N–H and O–H groups in total. The summed E-state index contributed by atoms with van der Waals surface area (Å²) in [7, 11) is 0. The van der Waals surface area contributed by atoms with Crippen LogP contribution in [0.2, 0.25) is 10.0 Å². The van der Waals surface area contributed by atoms with Crippen molar-refractivity contribution in [2.24, 2.45) is 0 Å². The topological polar surface area (TPSA) is 52.2 Å². The molecular weight excluding hydrogens is 428 g/mol. The van der Waals surface area contributed by atoms with Gasteiger partial charge in [0.2, 0.25) is 0 Å². The molecular formula is C19H15Cl2F3N4O. The van der Waals surface area contributed by atoms with Crippen molar-refractivity contribution in [3.8, 4) is 0 Å². The standard InChI is InChI=1S/C19H15Cl2F3N4O/c20-13-1-2-15-11(7-13)8-16(26-15)18(29)28-5-3-27(4-6-28)17-14(21)9-12(10-25-17)19(22,23)24/h1-2,7-10,26H,3-6H2. The Balaban J connectivity index is 1.45. The Kier molecular flexibility index (Phi) is 5.08. The molecule has 0 aliphatic carbocycles. The number of carbonyl (C=O) groups excluding carboxylic acids is 1. The third-order valence-electron chi connectivity index (χ3n) is 4.83. The first-order valence-electron chi connectivity index (χ1n) is 8.77. The van der Waals surface area contributed by atoms with Gasteiger partial charge in [-0.25, -0.2) is 4.98 Å². The lowest BCUT2D eigenvalue weighted by Gasteiger charge is -2.35. The summed E-state index contributed by atoms with van der Waals surface area (Å²) >= 11 is 12.0. The van der Waals surface area contributed by atoms with Crippen molar-refractivity contribution in [3.63, 3.8) is 0 Å².